The van der Waals surface area contributed by atoms with Gasteiger partial charge in [0.15, 0.2) is 0 Å². The number of aromatic nitrogens is 2. The maximum absolute atomic E-state index is 6.00. The number of rotatable bonds is 5. The van der Waals surface area contributed by atoms with Crippen molar-refractivity contribution in [2.45, 2.75) is 13.5 Å². The topological polar surface area (TPSA) is 53.1 Å². The van der Waals surface area contributed by atoms with Gasteiger partial charge in [0.05, 0.1) is 18.5 Å². The van der Waals surface area contributed by atoms with Crippen LogP contribution in [0.3, 0.4) is 0 Å². The van der Waals surface area contributed by atoms with E-state index >= 15 is 0 Å². The Morgan fingerprint density at radius 2 is 1.95 bits per heavy atom. The first kappa shape index (κ1) is 13.6. The molecule has 2 aromatic carbocycles. The van der Waals surface area contributed by atoms with Gasteiger partial charge in [-0.25, -0.2) is 4.98 Å². The summed E-state index contributed by atoms with van der Waals surface area (Å²) in [6.07, 6.45) is 1.84. The zero-order valence-corrected chi connectivity index (χ0v) is 12.1. The predicted octanol–water partition coefficient (Wildman–Crippen LogP) is 3.32. The molecule has 2 N–H and O–H groups in total. The van der Waals surface area contributed by atoms with Crippen molar-refractivity contribution in [3.63, 3.8) is 0 Å². The number of nitrogen functional groups attached to an aromatic ring is 1. The van der Waals surface area contributed by atoms with Gasteiger partial charge in [0, 0.05) is 18.7 Å². The lowest BCUT2D eigenvalue weighted by molar-refractivity contribution is 0.139. The molecule has 3 aromatic rings. The number of imidazole rings is 1. The minimum absolute atomic E-state index is 0.526. The number of nitrogens with two attached hydrogens (primary N) is 1. The fourth-order valence-corrected chi connectivity index (χ4v) is 2.59. The van der Waals surface area contributed by atoms with Gasteiger partial charge in [0.1, 0.15) is 0 Å². The summed E-state index contributed by atoms with van der Waals surface area (Å²) in [5.41, 5.74) is 8.18. The molecule has 0 bridgehead atoms. The predicted molar refractivity (Wildman–Crippen MR) is 86.1 cm³/mol. The van der Waals surface area contributed by atoms with Crippen molar-refractivity contribution in [1.82, 2.24) is 9.55 Å². The lowest BCUT2D eigenvalue weighted by Crippen LogP contribution is -2.10. The number of hydrogen-bond acceptors (Lipinski definition) is 3. The van der Waals surface area contributed by atoms with Gasteiger partial charge in [0.25, 0.3) is 0 Å². The molecule has 0 saturated heterocycles. The molecule has 0 saturated carbocycles. The van der Waals surface area contributed by atoms with E-state index in [0.29, 0.717) is 25.7 Å². The van der Waals surface area contributed by atoms with Gasteiger partial charge < -0.3 is 15.0 Å². The molecular weight excluding hydrogens is 262 g/mol. The largest absolute Gasteiger partial charge is 0.380 e. The quantitative estimate of drug-likeness (QED) is 0.730. The summed E-state index contributed by atoms with van der Waals surface area (Å²) in [5.74, 6) is 0.526. The van der Waals surface area contributed by atoms with Crippen LogP contribution >= 0.6 is 0 Å². The lowest BCUT2D eigenvalue weighted by atomic mass is 10.0. The van der Waals surface area contributed by atoms with E-state index in [2.05, 4.69) is 41.4 Å². The molecule has 0 fully saturated rings. The van der Waals surface area contributed by atoms with Crippen molar-refractivity contribution >= 4 is 16.7 Å². The van der Waals surface area contributed by atoms with Gasteiger partial charge in [-0.2, -0.15) is 0 Å². The van der Waals surface area contributed by atoms with E-state index in [9.17, 15) is 0 Å². The number of nitrogens with zero attached hydrogens (tertiary/aromatic N) is 2. The minimum Gasteiger partial charge on any atom is -0.380 e. The second-order valence-corrected chi connectivity index (χ2v) is 4.88. The number of benzene rings is 2. The molecule has 0 atom stereocenters. The molecule has 4 heteroatoms. The van der Waals surface area contributed by atoms with Gasteiger partial charge in [-0.15, -0.1) is 0 Å². The number of hydrogen-bond donors (Lipinski definition) is 1. The van der Waals surface area contributed by atoms with Crippen LogP contribution in [0.2, 0.25) is 0 Å². The van der Waals surface area contributed by atoms with Gasteiger partial charge in [-0.3, -0.25) is 0 Å². The second kappa shape index (κ2) is 5.97. The Labute approximate surface area is 124 Å². The molecule has 0 radical (unpaired) electrons. The summed E-state index contributed by atoms with van der Waals surface area (Å²) in [7, 11) is 0. The van der Waals surface area contributed by atoms with E-state index in [1.54, 1.807) is 0 Å². The van der Waals surface area contributed by atoms with Crippen molar-refractivity contribution in [3.8, 4) is 11.3 Å². The fourth-order valence-electron chi connectivity index (χ4n) is 2.59. The van der Waals surface area contributed by atoms with E-state index in [1.807, 2.05) is 23.8 Å². The van der Waals surface area contributed by atoms with Crippen LogP contribution in [0.25, 0.3) is 22.0 Å². The van der Waals surface area contributed by atoms with Crippen LogP contribution < -0.4 is 5.73 Å². The lowest BCUT2D eigenvalue weighted by Gasteiger charge is -2.12. The first-order valence-electron chi connectivity index (χ1n) is 7.18. The Kier molecular flexibility index (Phi) is 3.88. The molecule has 0 aliphatic carbocycles. The molecule has 1 heterocycles. The molecule has 0 aliphatic rings. The van der Waals surface area contributed by atoms with Crippen LogP contribution in [-0.4, -0.2) is 22.8 Å². The van der Waals surface area contributed by atoms with Crippen LogP contribution in [0.5, 0.6) is 0 Å². The molecule has 0 aliphatic heterocycles. The van der Waals surface area contributed by atoms with E-state index in [4.69, 9.17) is 10.5 Å². The van der Waals surface area contributed by atoms with E-state index in [0.717, 1.165) is 11.3 Å². The average Bonchev–Trinajstić information content (AvgIpc) is 2.88. The number of fused-ring (bicyclic) bond motifs is 1. The van der Waals surface area contributed by atoms with Gasteiger partial charge in [-0.05, 0) is 17.7 Å². The molecule has 0 unspecified atom stereocenters. The highest BCUT2D eigenvalue weighted by atomic mass is 16.5. The zero-order chi connectivity index (χ0) is 14.7. The van der Waals surface area contributed by atoms with Crippen molar-refractivity contribution < 1.29 is 4.74 Å². The third-order valence-electron chi connectivity index (χ3n) is 3.62. The Hall–Kier alpha value is -2.33. The van der Waals surface area contributed by atoms with Gasteiger partial charge in [0.2, 0.25) is 5.95 Å². The van der Waals surface area contributed by atoms with Crippen LogP contribution in [0.4, 0.5) is 5.95 Å². The van der Waals surface area contributed by atoms with E-state index in [-0.39, 0.29) is 0 Å². The van der Waals surface area contributed by atoms with Crippen molar-refractivity contribution in [2.24, 2.45) is 0 Å². The maximum Gasteiger partial charge on any atom is 0.200 e. The Balaban J connectivity index is 2.07. The van der Waals surface area contributed by atoms with Gasteiger partial charge in [-0.1, -0.05) is 42.5 Å². The summed E-state index contributed by atoms with van der Waals surface area (Å²) in [6.45, 7) is 4.04. The summed E-state index contributed by atoms with van der Waals surface area (Å²) in [5, 5.41) is 2.42. The Morgan fingerprint density at radius 1 is 1.14 bits per heavy atom. The van der Waals surface area contributed by atoms with E-state index in [1.165, 1.54) is 10.8 Å². The molecular formula is C17H19N3O. The Bertz CT molecular complexity index is 743. The normalized spacial score (nSPS) is 11.1. The highest BCUT2D eigenvalue weighted by Crippen LogP contribution is 2.29. The first-order valence-corrected chi connectivity index (χ1v) is 7.18. The van der Waals surface area contributed by atoms with E-state index < -0.39 is 0 Å². The maximum atomic E-state index is 6.00. The third kappa shape index (κ3) is 2.62. The molecule has 4 nitrogen and oxygen atoms in total. The minimum atomic E-state index is 0.526. The smallest absolute Gasteiger partial charge is 0.200 e. The van der Waals surface area contributed by atoms with Crippen molar-refractivity contribution in [3.05, 3.63) is 48.7 Å². The second-order valence-electron chi connectivity index (χ2n) is 4.88. The molecule has 3 rings (SSSR count). The fraction of sp³-hybridized carbons (Fsp3) is 0.235. The molecule has 21 heavy (non-hydrogen) atoms. The van der Waals surface area contributed by atoms with Crippen LogP contribution in [0, 0.1) is 0 Å². The van der Waals surface area contributed by atoms with Crippen LogP contribution in [0.15, 0.2) is 48.7 Å². The summed E-state index contributed by atoms with van der Waals surface area (Å²) < 4.78 is 7.45. The molecule has 108 valence electrons. The number of anilines is 1. The average molecular weight is 281 g/mol. The Morgan fingerprint density at radius 3 is 2.81 bits per heavy atom. The summed E-state index contributed by atoms with van der Waals surface area (Å²) >= 11 is 0. The molecule has 0 amide bonds. The molecule has 1 aromatic heterocycles. The van der Waals surface area contributed by atoms with Crippen LogP contribution in [0.1, 0.15) is 6.92 Å². The third-order valence-corrected chi connectivity index (χ3v) is 3.62. The monoisotopic (exact) mass is 281 g/mol. The van der Waals surface area contributed by atoms with Crippen LogP contribution in [-0.2, 0) is 11.3 Å². The van der Waals surface area contributed by atoms with Crippen molar-refractivity contribution in [2.75, 3.05) is 18.9 Å². The first-order chi connectivity index (χ1) is 10.3. The highest BCUT2D eigenvalue weighted by molar-refractivity contribution is 5.95. The standard InChI is InChI=1S/C17H19N3O/c1-2-21-11-10-20-16(12-19-17(20)18)15-9-5-7-13-6-3-4-8-14(13)15/h3-9,12H,2,10-11H2,1H3,(H2,18,19). The summed E-state index contributed by atoms with van der Waals surface area (Å²) in [4.78, 5) is 4.26. The van der Waals surface area contributed by atoms with Crippen molar-refractivity contribution in [1.29, 1.82) is 0 Å². The SMILES string of the molecule is CCOCCn1c(-c2cccc3ccccc23)cnc1N. The molecule has 0 spiro atoms. The summed E-state index contributed by atoms with van der Waals surface area (Å²) in [6, 6.07) is 14.6. The number of ether oxygens (including phenoxy) is 1. The highest BCUT2D eigenvalue weighted by Gasteiger charge is 2.11. The van der Waals surface area contributed by atoms with Gasteiger partial charge >= 0.3 is 0 Å². The zero-order valence-electron chi connectivity index (χ0n) is 12.1.